The Balaban J connectivity index is 1.64. The Labute approximate surface area is 99.4 Å². The van der Waals surface area contributed by atoms with Crippen LogP contribution in [0.1, 0.15) is 19.3 Å². The number of aliphatic hydroxyl groups excluding tert-OH is 2. The summed E-state index contributed by atoms with van der Waals surface area (Å²) >= 11 is 0. The lowest BCUT2D eigenvalue weighted by molar-refractivity contribution is -0.291. The second-order valence-electron chi connectivity index (χ2n) is 4.75. The minimum absolute atomic E-state index is 0.300. The molecule has 3 fully saturated rings. The number of fused-ring (bicyclic) bond motifs is 2. The fourth-order valence-corrected chi connectivity index (χ4v) is 2.51. The maximum Gasteiger partial charge on any atom is 0.187 e. The minimum atomic E-state index is -0.980. The second-order valence-corrected chi connectivity index (χ2v) is 4.75. The summed E-state index contributed by atoms with van der Waals surface area (Å²) in [7, 11) is 0. The van der Waals surface area contributed by atoms with E-state index in [2.05, 4.69) is 0 Å². The van der Waals surface area contributed by atoms with Gasteiger partial charge in [0.25, 0.3) is 0 Å². The van der Waals surface area contributed by atoms with Crippen molar-refractivity contribution < 1.29 is 29.2 Å². The third kappa shape index (κ3) is 2.21. The highest BCUT2D eigenvalue weighted by atomic mass is 16.8. The molecule has 3 saturated heterocycles. The first-order chi connectivity index (χ1) is 8.25. The van der Waals surface area contributed by atoms with Crippen molar-refractivity contribution in [2.75, 3.05) is 13.2 Å². The monoisotopic (exact) mass is 246 g/mol. The predicted molar refractivity (Wildman–Crippen MR) is 55.1 cm³/mol. The molecule has 0 spiro atoms. The van der Waals surface area contributed by atoms with Gasteiger partial charge >= 0.3 is 0 Å². The first kappa shape index (κ1) is 11.8. The molecule has 1 unspecified atom stereocenters. The highest BCUT2D eigenvalue weighted by molar-refractivity contribution is 4.94. The summed E-state index contributed by atoms with van der Waals surface area (Å²) in [4.78, 5) is 0. The molecule has 3 aliphatic rings. The molecule has 0 amide bonds. The van der Waals surface area contributed by atoms with Gasteiger partial charge in [0, 0.05) is 6.61 Å². The Morgan fingerprint density at radius 3 is 2.71 bits per heavy atom. The van der Waals surface area contributed by atoms with Crippen LogP contribution in [0, 0.1) is 0 Å². The number of hydrogen-bond acceptors (Lipinski definition) is 6. The van der Waals surface area contributed by atoms with Crippen LogP contribution in [-0.4, -0.2) is 60.4 Å². The Kier molecular flexibility index (Phi) is 3.34. The topological polar surface area (TPSA) is 77.4 Å². The second kappa shape index (κ2) is 4.79. The van der Waals surface area contributed by atoms with Crippen LogP contribution in [0.4, 0.5) is 0 Å². The zero-order valence-electron chi connectivity index (χ0n) is 9.53. The van der Waals surface area contributed by atoms with Gasteiger partial charge in [-0.3, -0.25) is 0 Å². The third-order valence-corrected chi connectivity index (χ3v) is 3.52. The molecule has 6 atom stereocenters. The van der Waals surface area contributed by atoms with E-state index in [1.165, 1.54) is 0 Å². The average molecular weight is 246 g/mol. The van der Waals surface area contributed by atoms with Crippen LogP contribution in [0.25, 0.3) is 0 Å². The quantitative estimate of drug-likeness (QED) is 0.676. The van der Waals surface area contributed by atoms with Crippen molar-refractivity contribution in [3.8, 4) is 0 Å². The van der Waals surface area contributed by atoms with E-state index >= 15 is 0 Å². The molecule has 6 heteroatoms. The fourth-order valence-electron chi connectivity index (χ4n) is 2.51. The summed E-state index contributed by atoms with van der Waals surface area (Å²) in [5.74, 6) is 0. The molecule has 3 aliphatic heterocycles. The van der Waals surface area contributed by atoms with Crippen LogP contribution in [0.2, 0.25) is 0 Å². The summed E-state index contributed by atoms with van der Waals surface area (Å²) in [5, 5.41) is 19.7. The summed E-state index contributed by atoms with van der Waals surface area (Å²) in [6.45, 7) is 0.972. The third-order valence-electron chi connectivity index (χ3n) is 3.52. The Morgan fingerprint density at radius 1 is 1.06 bits per heavy atom. The van der Waals surface area contributed by atoms with Crippen molar-refractivity contribution >= 4 is 0 Å². The van der Waals surface area contributed by atoms with Crippen molar-refractivity contribution in [1.29, 1.82) is 0 Å². The van der Waals surface area contributed by atoms with E-state index in [1.807, 2.05) is 0 Å². The minimum Gasteiger partial charge on any atom is -0.387 e. The average Bonchev–Trinajstić information content (AvgIpc) is 2.80. The van der Waals surface area contributed by atoms with Crippen LogP contribution in [0.15, 0.2) is 0 Å². The highest BCUT2D eigenvalue weighted by Crippen LogP contribution is 2.31. The van der Waals surface area contributed by atoms with Crippen LogP contribution >= 0.6 is 0 Å². The summed E-state index contributed by atoms with van der Waals surface area (Å²) in [6, 6.07) is 0. The number of ether oxygens (including phenoxy) is 4. The molecule has 0 aromatic carbocycles. The first-order valence-electron chi connectivity index (χ1n) is 6.16. The van der Waals surface area contributed by atoms with E-state index in [0.29, 0.717) is 13.2 Å². The molecule has 0 aliphatic carbocycles. The van der Waals surface area contributed by atoms with Crippen LogP contribution in [-0.2, 0) is 18.9 Å². The van der Waals surface area contributed by atoms with Gasteiger partial charge in [-0.2, -0.15) is 0 Å². The molecule has 0 saturated carbocycles. The van der Waals surface area contributed by atoms with Gasteiger partial charge in [-0.05, 0) is 19.3 Å². The molecule has 6 nitrogen and oxygen atoms in total. The number of rotatable bonds is 2. The van der Waals surface area contributed by atoms with Crippen LogP contribution < -0.4 is 0 Å². The molecule has 2 N–H and O–H groups in total. The summed E-state index contributed by atoms with van der Waals surface area (Å²) in [6.07, 6.45) is -1.10. The van der Waals surface area contributed by atoms with Crippen molar-refractivity contribution in [2.45, 2.75) is 56.3 Å². The van der Waals surface area contributed by atoms with Crippen molar-refractivity contribution in [3.63, 3.8) is 0 Å². The normalized spacial score (nSPS) is 50.5. The Morgan fingerprint density at radius 2 is 1.94 bits per heavy atom. The number of hydrogen-bond donors (Lipinski definition) is 2. The molecule has 0 aromatic rings. The molecule has 17 heavy (non-hydrogen) atoms. The smallest absolute Gasteiger partial charge is 0.187 e. The summed E-state index contributed by atoms with van der Waals surface area (Å²) < 4.78 is 21.9. The van der Waals surface area contributed by atoms with Gasteiger partial charge in [0.2, 0.25) is 0 Å². The van der Waals surface area contributed by atoms with Gasteiger partial charge in [0.15, 0.2) is 12.6 Å². The number of aliphatic hydroxyl groups is 2. The predicted octanol–water partition coefficient (Wildman–Crippen LogP) is -0.625. The van der Waals surface area contributed by atoms with Crippen LogP contribution in [0.3, 0.4) is 0 Å². The maximum atomic E-state index is 9.96. The van der Waals surface area contributed by atoms with E-state index in [1.54, 1.807) is 0 Å². The lowest BCUT2D eigenvalue weighted by atomic mass is 10.0. The van der Waals surface area contributed by atoms with E-state index < -0.39 is 30.7 Å². The van der Waals surface area contributed by atoms with E-state index in [0.717, 1.165) is 19.3 Å². The van der Waals surface area contributed by atoms with Crippen molar-refractivity contribution in [2.24, 2.45) is 0 Å². The largest absolute Gasteiger partial charge is 0.387 e. The fraction of sp³-hybridized carbons (Fsp3) is 1.00. The Bertz CT molecular complexity index is 267. The highest BCUT2D eigenvalue weighted by Gasteiger charge is 2.51. The SMILES string of the molecule is O[C@H]1[C@H](O)[C@H]2CO[C@H](O2)[C@@H]1OC1CCCCO1. The molecule has 2 bridgehead atoms. The molecule has 3 rings (SSSR count). The van der Waals surface area contributed by atoms with Gasteiger partial charge in [-0.25, -0.2) is 0 Å². The molecular formula is C11H18O6. The maximum absolute atomic E-state index is 9.96. The van der Waals surface area contributed by atoms with Gasteiger partial charge < -0.3 is 29.2 Å². The van der Waals surface area contributed by atoms with Crippen LogP contribution in [0.5, 0.6) is 0 Å². The van der Waals surface area contributed by atoms with E-state index in [4.69, 9.17) is 18.9 Å². The zero-order valence-corrected chi connectivity index (χ0v) is 9.53. The summed E-state index contributed by atoms with van der Waals surface area (Å²) in [5.41, 5.74) is 0. The lowest BCUT2D eigenvalue weighted by Gasteiger charge is -2.37. The van der Waals surface area contributed by atoms with Gasteiger partial charge in [-0.15, -0.1) is 0 Å². The molecular weight excluding hydrogens is 228 g/mol. The molecule has 98 valence electrons. The van der Waals surface area contributed by atoms with Crippen molar-refractivity contribution in [1.82, 2.24) is 0 Å². The molecule has 3 heterocycles. The molecule has 0 radical (unpaired) electrons. The van der Waals surface area contributed by atoms with Gasteiger partial charge in [0.1, 0.15) is 24.4 Å². The first-order valence-corrected chi connectivity index (χ1v) is 6.16. The van der Waals surface area contributed by atoms with Gasteiger partial charge in [-0.1, -0.05) is 0 Å². The zero-order chi connectivity index (χ0) is 11.8. The standard InChI is InChI=1S/C11H18O6/c12-8-6-5-15-11(16-6)10(9(8)13)17-7-3-1-2-4-14-7/h6-13H,1-5H2/t6-,7?,8-,9+,10-,11-/m1/s1. The van der Waals surface area contributed by atoms with Gasteiger partial charge in [0.05, 0.1) is 6.61 Å². The lowest BCUT2D eigenvalue weighted by Crippen LogP contribution is -2.56. The van der Waals surface area contributed by atoms with Crippen molar-refractivity contribution in [3.05, 3.63) is 0 Å². The van der Waals surface area contributed by atoms with E-state index in [-0.39, 0.29) is 6.29 Å². The van der Waals surface area contributed by atoms with E-state index in [9.17, 15) is 10.2 Å². The Hall–Kier alpha value is -0.240. The molecule has 0 aromatic heterocycles.